The van der Waals surface area contributed by atoms with Crippen molar-refractivity contribution < 1.29 is 19.0 Å². The molecule has 2 heterocycles. The molecule has 0 spiro atoms. The minimum atomic E-state index is -0.587. The summed E-state index contributed by atoms with van der Waals surface area (Å²) in [6.45, 7) is 7.46. The van der Waals surface area contributed by atoms with E-state index in [4.69, 9.17) is 4.74 Å². The number of ether oxygens (including phenoxy) is 1. The number of nitrogens with zero attached hydrogens (tertiary/aromatic N) is 2. The molecule has 140 valence electrons. The first-order valence-electron chi connectivity index (χ1n) is 8.66. The molecule has 2 aromatic rings. The molecule has 0 saturated heterocycles. The van der Waals surface area contributed by atoms with Gasteiger partial charge in [0.15, 0.2) is 5.76 Å². The third kappa shape index (κ3) is 3.43. The van der Waals surface area contributed by atoms with Crippen LogP contribution in [0.1, 0.15) is 30.8 Å². The Hall–Kier alpha value is -3.15. The maximum atomic E-state index is 13.2. The summed E-state index contributed by atoms with van der Waals surface area (Å²) in [6.07, 6.45) is 1.73. The van der Waals surface area contributed by atoms with Gasteiger partial charge in [-0.1, -0.05) is 0 Å². The van der Waals surface area contributed by atoms with Crippen molar-refractivity contribution in [3.8, 4) is 5.69 Å². The monoisotopic (exact) mass is 368 g/mol. The fourth-order valence-electron chi connectivity index (χ4n) is 3.21. The van der Waals surface area contributed by atoms with Crippen molar-refractivity contribution in [2.45, 2.75) is 27.7 Å². The van der Waals surface area contributed by atoms with E-state index < -0.39 is 5.97 Å². The van der Waals surface area contributed by atoms with Crippen LogP contribution in [0.3, 0.4) is 0 Å². The number of aryl methyl sites for hydroxylation is 1. The van der Waals surface area contributed by atoms with Crippen LogP contribution in [-0.2, 0) is 9.53 Å². The highest BCUT2D eigenvalue weighted by Crippen LogP contribution is 2.29. The second kappa shape index (κ2) is 7.23. The van der Waals surface area contributed by atoms with Gasteiger partial charge >= 0.3 is 5.97 Å². The molecule has 1 aromatic carbocycles. The van der Waals surface area contributed by atoms with E-state index in [0.717, 1.165) is 22.6 Å². The molecule has 0 radical (unpaired) electrons. The third-order valence-electron chi connectivity index (χ3n) is 4.46. The molecule has 3 rings (SSSR count). The predicted molar refractivity (Wildman–Crippen MR) is 103 cm³/mol. The summed E-state index contributed by atoms with van der Waals surface area (Å²) in [5, 5.41) is 10.4. The van der Waals surface area contributed by atoms with Gasteiger partial charge < -0.3 is 14.4 Å². The van der Waals surface area contributed by atoms with E-state index in [1.54, 1.807) is 32.1 Å². The third-order valence-corrected chi connectivity index (χ3v) is 4.46. The molecule has 5 nitrogen and oxygen atoms in total. The van der Waals surface area contributed by atoms with Gasteiger partial charge in [-0.15, -0.1) is 0 Å². The molecule has 1 aliphatic heterocycles. The van der Waals surface area contributed by atoms with E-state index in [9.17, 15) is 14.3 Å². The number of esters is 1. The van der Waals surface area contributed by atoms with Crippen LogP contribution in [0.4, 0.5) is 4.39 Å². The summed E-state index contributed by atoms with van der Waals surface area (Å²) in [6, 6.07) is 8.20. The zero-order valence-electron chi connectivity index (χ0n) is 15.7. The van der Waals surface area contributed by atoms with Crippen LogP contribution in [0, 0.1) is 19.7 Å². The van der Waals surface area contributed by atoms with Gasteiger partial charge in [-0.25, -0.2) is 14.2 Å². The molecule has 0 bridgehead atoms. The lowest BCUT2D eigenvalue weighted by Gasteiger charge is -2.09. The summed E-state index contributed by atoms with van der Waals surface area (Å²) in [7, 11) is 0. The Morgan fingerprint density at radius 2 is 1.93 bits per heavy atom. The number of rotatable bonds is 4. The Bertz CT molecular complexity index is 995. The summed E-state index contributed by atoms with van der Waals surface area (Å²) >= 11 is 0. The fraction of sp³-hybridized carbons (Fsp3) is 0.238. The van der Waals surface area contributed by atoms with E-state index in [-0.39, 0.29) is 23.8 Å². The second-order valence-electron chi connectivity index (χ2n) is 6.31. The number of carbonyl (C=O) groups excluding carboxylic acids is 1. The molecule has 0 saturated carbocycles. The molecule has 1 aromatic heterocycles. The van der Waals surface area contributed by atoms with E-state index in [1.165, 1.54) is 12.1 Å². The lowest BCUT2D eigenvalue weighted by atomic mass is 10.1. The van der Waals surface area contributed by atoms with Crippen LogP contribution >= 0.6 is 0 Å². The molecule has 0 unspecified atom stereocenters. The van der Waals surface area contributed by atoms with E-state index in [1.807, 2.05) is 24.5 Å². The van der Waals surface area contributed by atoms with Gasteiger partial charge in [-0.3, -0.25) is 0 Å². The largest absolute Gasteiger partial charge is 0.505 e. The Labute approximate surface area is 157 Å². The number of hydrogen-bond acceptors (Lipinski definition) is 4. The second-order valence-corrected chi connectivity index (χ2v) is 6.31. The fourth-order valence-corrected chi connectivity index (χ4v) is 3.21. The number of carbonyl (C=O) groups is 1. The number of halogens is 1. The van der Waals surface area contributed by atoms with Gasteiger partial charge in [0.25, 0.3) is 0 Å². The molecule has 6 heteroatoms. The van der Waals surface area contributed by atoms with E-state index >= 15 is 0 Å². The van der Waals surface area contributed by atoms with Crippen molar-refractivity contribution in [1.82, 2.24) is 4.57 Å². The number of benzene rings is 1. The first kappa shape index (κ1) is 18.6. The van der Waals surface area contributed by atoms with Crippen molar-refractivity contribution >= 4 is 17.8 Å². The van der Waals surface area contributed by atoms with Crippen LogP contribution in [0.2, 0.25) is 0 Å². The smallest absolute Gasteiger partial charge is 0.343 e. The molecular formula is C21H21FN2O3. The van der Waals surface area contributed by atoms with Crippen LogP contribution in [-0.4, -0.2) is 28.0 Å². The first-order chi connectivity index (χ1) is 12.8. The highest BCUT2D eigenvalue weighted by atomic mass is 19.1. The molecular weight excluding hydrogens is 347 g/mol. The molecule has 0 fully saturated rings. The van der Waals surface area contributed by atoms with Crippen molar-refractivity contribution in [2.75, 3.05) is 6.61 Å². The number of aliphatic imine (C=N–C) groups is 1. The zero-order valence-corrected chi connectivity index (χ0v) is 15.7. The average Bonchev–Trinajstić information content (AvgIpc) is 3.05. The number of aromatic nitrogens is 1. The zero-order chi connectivity index (χ0) is 19.7. The Morgan fingerprint density at radius 1 is 1.26 bits per heavy atom. The van der Waals surface area contributed by atoms with E-state index in [0.29, 0.717) is 11.4 Å². The number of aliphatic hydroxyl groups is 1. The lowest BCUT2D eigenvalue weighted by Crippen LogP contribution is -2.13. The number of aliphatic hydroxyl groups excluding tert-OH is 1. The lowest BCUT2D eigenvalue weighted by molar-refractivity contribution is -0.138. The average molecular weight is 368 g/mol. The van der Waals surface area contributed by atoms with Crippen molar-refractivity contribution in [3.63, 3.8) is 0 Å². The number of hydrogen-bond donors (Lipinski definition) is 1. The Kier molecular flexibility index (Phi) is 4.99. The SMILES string of the molecule is CCOC(=O)C1=C(O)/C(=C\c2cc(C)n(-c3ccc(F)cc3)c2C)N=C1C. The maximum Gasteiger partial charge on any atom is 0.343 e. The minimum Gasteiger partial charge on any atom is -0.505 e. The van der Waals surface area contributed by atoms with Crippen molar-refractivity contribution in [1.29, 1.82) is 0 Å². The quantitative estimate of drug-likeness (QED) is 0.813. The standard InChI is InChI=1S/C21H21FN2O3/c1-5-27-21(26)19-13(3)23-18(20(19)25)11-15-10-12(2)24(14(15)4)17-8-6-16(22)7-9-17/h6-11,25H,5H2,1-4H3/b18-11+. The van der Waals surface area contributed by atoms with E-state index in [2.05, 4.69) is 4.99 Å². The molecule has 0 aliphatic carbocycles. The van der Waals surface area contributed by atoms with Crippen molar-refractivity contribution in [3.05, 3.63) is 70.1 Å². The van der Waals surface area contributed by atoms with Gasteiger partial charge in [0.2, 0.25) is 0 Å². The summed E-state index contributed by atoms with van der Waals surface area (Å²) < 4.78 is 20.2. The highest BCUT2D eigenvalue weighted by molar-refractivity contribution is 6.22. The Balaban J connectivity index is 2.03. The van der Waals surface area contributed by atoms with Crippen LogP contribution < -0.4 is 0 Å². The summed E-state index contributed by atoms with van der Waals surface area (Å²) in [4.78, 5) is 16.3. The highest BCUT2D eigenvalue weighted by Gasteiger charge is 2.28. The van der Waals surface area contributed by atoms with Gasteiger partial charge in [0, 0.05) is 17.1 Å². The topological polar surface area (TPSA) is 63.8 Å². The normalized spacial score (nSPS) is 15.4. The van der Waals surface area contributed by atoms with Gasteiger partial charge in [-0.2, -0.15) is 0 Å². The van der Waals surface area contributed by atoms with Crippen LogP contribution in [0.25, 0.3) is 11.8 Å². The van der Waals surface area contributed by atoms with Gasteiger partial charge in [0.1, 0.15) is 17.1 Å². The minimum absolute atomic E-state index is 0.0930. The van der Waals surface area contributed by atoms with Crippen molar-refractivity contribution in [2.24, 2.45) is 4.99 Å². The van der Waals surface area contributed by atoms with Crippen LogP contribution in [0.15, 0.2) is 52.4 Å². The van der Waals surface area contributed by atoms with Gasteiger partial charge in [0.05, 0.1) is 12.3 Å². The molecule has 1 aliphatic rings. The Morgan fingerprint density at radius 3 is 2.56 bits per heavy atom. The summed E-state index contributed by atoms with van der Waals surface area (Å²) in [5.74, 6) is -1.06. The first-order valence-corrected chi connectivity index (χ1v) is 8.66. The predicted octanol–water partition coefficient (Wildman–Crippen LogP) is 4.42. The summed E-state index contributed by atoms with van der Waals surface area (Å²) in [5.41, 5.74) is 4.39. The van der Waals surface area contributed by atoms with Gasteiger partial charge in [-0.05, 0) is 69.7 Å². The molecule has 27 heavy (non-hydrogen) atoms. The maximum absolute atomic E-state index is 13.2. The molecule has 1 N–H and O–H groups in total. The van der Waals surface area contributed by atoms with Crippen LogP contribution in [0.5, 0.6) is 0 Å². The molecule has 0 amide bonds. The molecule has 0 atom stereocenters.